The zero-order valence-electron chi connectivity index (χ0n) is 16.6. The largest absolute Gasteiger partial charge is 0.385 e. The van der Waals surface area contributed by atoms with Gasteiger partial charge in [0.15, 0.2) is 0 Å². The number of nitrogens with zero attached hydrogens (tertiary/aromatic N) is 3. The summed E-state index contributed by atoms with van der Waals surface area (Å²) in [5.74, 6) is -2.27. The van der Waals surface area contributed by atoms with Gasteiger partial charge in [0.2, 0.25) is 11.6 Å². The molecular formula is C18H28N4O7. The number of hydrogen-bond donors (Lipinski definition) is 4. The Labute approximate surface area is 168 Å². The summed E-state index contributed by atoms with van der Waals surface area (Å²) in [7, 11) is 0. The van der Waals surface area contributed by atoms with Gasteiger partial charge in [-0.25, -0.2) is 0 Å². The number of carbonyl (C=O) groups is 3. The quantitative estimate of drug-likeness (QED) is 0.369. The SMILES string of the molecule is CC(=O)N1CCN(C[C@H]2CCO[C@@]34C(=O)N[C@]2(O)C(=O)N3C[C@](C)(O)[C@@H]4O)CC1. The van der Waals surface area contributed by atoms with Gasteiger partial charge < -0.3 is 30.3 Å². The number of amides is 3. The van der Waals surface area contributed by atoms with Crippen molar-refractivity contribution >= 4 is 17.7 Å². The van der Waals surface area contributed by atoms with Crippen molar-refractivity contribution in [1.82, 2.24) is 20.0 Å². The van der Waals surface area contributed by atoms with Gasteiger partial charge in [-0.05, 0) is 13.3 Å². The van der Waals surface area contributed by atoms with Crippen molar-refractivity contribution in [3.05, 3.63) is 0 Å². The lowest BCUT2D eigenvalue weighted by Crippen LogP contribution is -2.80. The fraction of sp³-hybridized carbons (Fsp3) is 0.833. The molecule has 29 heavy (non-hydrogen) atoms. The number of rotatable bonds is 2. The third-order valence-corrected chi connectivity index (χ3v) is 6.72. The van der Waals surface area contributed by atoms with Crippen LogP contribution in [0.15, 0.2) is 0 Å². The van der Waals surface area contributed by atoms with Gasteiger partial charge >= 0.3 is 0 Å². The Morgan fingerprint density at radius 3 is 2.52 bits per heavy atom. The van der Waals surface area contributed by atoms with Crippen molar-refractivity contribution < 1.29 is 34.4 Å². The number of aliphatic hydroxyl groups is 3. The first-order chi connectivity index (χ1) is 13.5. The Morgan fingerprint density at radius 2 is 1.90 bits per heavy atom. The van der Waals surface area contributed by atoms with E-state index in [2.05, 4.69) is 5.32 Å². The van der Waals surface area contributed by atoms with Crippen molar-refractivity contribution in [2.75, 3.05) is 45.9 Å². The van der Waals surface area contributed by atoms with E-state index in [1.54, 1.807) is 4.90 Å². The minimum atomic E-state index is -2.15. The highest BCUT2D eigenvalue weighted by molar-refractivity contribution is 6.02. The number of fused-ring (bicyclic) bond motifs is 4. The van der Waals surface area contributed by atoms with Crippen LogP contribution in [0.5, 0.6) is 0 Å². The predicted octanol–water partition coefficient (Wildman–Crippen LogP) is -3.34. The lowest BCUT2D eigenvalue weighted by Gasteiger charge is -2.52. The second-order valence-electron chi connectivity index (χ2n) is 8.71. The summed E-state index contributed by atoms with van der Waals surface area (Å²) in [5.41, 5.74) is -5.94. The molecule has 5 saturated heterocycles. The molecule has 5 atom stereocenters. The van der Waals surface area contributed by atoms with E-state index in [9.17, 15) is 29.7 Å². The number of carbonyl (C=O) groups excluding carboxylic acids is 3. The van der Waals surface area contributed by atoms with Gasteiger partial charge in [0.1, 0.15) is 11.7 Å². The molecule has 1 spiro atoms. The molecule has 0 aromatic rings. The van der Waals surface area contributed by atoms with E-state index in [4.69, 9.17) is 4.74 Å². The highest BCUT2D eigenvalue weighted by Gasteiger charge is 2.73. The summed E-state index contributed by atoms with van der Waals surface area (Å²) in [6.07, 6.45) is -1.36. The van der Waals surface area contributed by atoms with Gasteiger partial charge in [0.25, 0.3) is 17.5 Å². The van der Waals surface area contributed by atoms with Gasteiger partial charge in [-0.15, -0.1) is 0 Å². The topological polar surface area (TPSA) is 143 Å². The molecule has 0 aliphatic carbocycles. The lowest BCUT2D eigenvalue weighted by atomic mass is 9.84. The maximum absolute atomic E-state index is 13.2. The summed E-state index contributed by atoms with van der Waals surface area (Å²) in [6.45, 7) is 5.18. The van der Waals surface area contributed by atoms with Crippen LogP contribution in [0, 0.1) is 5.92 Å². The summed E-state index contributed by atoms with van der Waals surface area (Å²) >= 11 is 0. The second kappa shape index (κ2) is 6.61. The van der Waals surface area contributed by atoms with Crippen molar-refractivity contribution in [3.63, 3.8) is 0 Å². The van der Waals surface area contributed by atoms with Crippen LogP contribution in [-0.2, 0) is 19.1 Å². The Balaban J connectivity index is 1.57. The molecule has 5 fully saturated rings. The number of piperazine rings is 2. The van der Waals surface area contributed by atoms with Crippen LogP contribution >= 0.6 is 0 Å². The zero-order chi connectivity index (χ0) is 21.2. The Morgan fingerprint density at radius 1 is 1.24 bits per heavy atom. The van der Waals surface area contributed by atoms with Crippen LogP contribution in [-0.4, -0.2) is 117 Å². The van der Waals surface area contributed by atoms with Crippen molar-refractivity contribution in [1.29, 1.82) is 0 Å². The van der Waals surface area contributed by atoms with E-state index < -0.39 is 40.9 Å². The monoisotopic (exact) mass is 412 g/mol. The van der Waals surface area contributed by atoms with Crippen molar-refractivity contribution in [2.24, 2.45) is 5.92 Å². The minimum Gasteiger partial charge on any atom is -0.385 e. The van der Waals surface area contributed by atoms with Gasteiger partial charge in [-0.3, -0.25) is 24.2 Å². The average Bonchev–Trinajstić information content (AvgIpc) is 2.86. The van der Waals surface area contributed by atoms with Crippen LogP contribution in [0.4, 0.5) is 0 Å². The van der Waals surface area contributed by atoms with Crippen LogP contribution in [0.25, 0.3) is 0 Å². The zero-order valence-corrected chi connectivity index (χ0v) is 16.6. The maximum atomic E-state index is 13.2. The molecule has 5 aliphatic rings. The third-order valence-electron chi connectivity index (χ3n) is 6.72. The molecule has 3 amide bonds. The molecule has 5 heterocycles. The van der Waals surface area contributed by atoms with Crippen LogP contribution in [0.3, 0.4) is 0 Å². The van der Waals surface area contributed by atoms with E-state index in [0.717, 1.165) is 4.90 Å². The summed E-state index contributed by atoms with van der Waals surface area (Å²) in [6, 6.07) is 0. The molecule has 5 aliphatic heterocycles. The maximum Gasteiger partial charge on any atom is 0.279 e. The second-order valence-corrected chi connectivity index (χ2v) is 8.71. The van der Waals surface area contributed by atoms with E-state index >= 15 is 0 Å². The molecule has 0 aromatic carbocycles. The van der Waals surface area contributed by atoms with Gasteiger partial charge in [0, 0.05) is 45.6 Å². The van der Waals surface area contributed by atoms with Crippen LogP contribution in [0.1, 0.15) is 20.3 Å². The molecule has 5 rings (SSSR count). The lowest BCUT2D eigenvalue weighted by molar-refractivity contribution is -0.245. The molecule has 0 aromatic heterocycles. The van der Waals surface area contributed by atoms with Crippen LogP contribution < -0.4 is 5.32 Å². The highest BCUT2D eigenvalue weighted by Crippen LogP contribution is 2.45. The highest BCUT2D eigenvalue weighted by atomic mass is 16.6. The standard InChI is InChI=1S/C18H28N4O7/c1-11(23)21-6-4-20(5-7-21)9-12-3-8-29-18-13(24)16(2,27)10-22(18)15(26)17(12,28)19-14(18)25/h12-13,24,27-28H,3-10H2,1-2H3,(H,19,25)/t12-,13+,16+,17-,18+/m1/s1. The molecule has 2 bridgehead atoms. The Bertz CT molecular complexity index is 738. The predicted molar refractivity (Wildman–Crippen MR) is 96.9 cm³/mol. The summed E-state index contributed by atoms with van der Waals surface area (Å²) in [5, 5.41) is 34.7. The number of nitrogens with one attached hydrogen (secondary N) is 1. The van der Waals surface area contributed by atoms with E-state index in [-0.39, 0.29) is 25.5 Å². The number of ether oxygens (including phenoxy) is 1. The van der Waals surface area contributed by atoms with Gasteiger partial charge in [-0.1, -0.05) is 0 Å². The third kappa shape index (κ3) is 2.87. The van der Waals surface area contributed by atoms with Gasteiger partial charge in [0.05, 0.1) is 13.2 Å². The molecule has 0 radical (unpaired) electrons. The molecule has 0 unspecified atom stereocenters. The summed E-state index contributed by atoms with van der Waals surface area (Å²) < 4.78 is 5.73. The van der Waals surface area contributed by atoms with Crippen molar-refractivity contribution in [2.45, 2.75) is 43.4 Å². The molecule has 11 heteroatoms. The molecular weight excluding hydrogens is 384 g/mol. The fourth-order valence-corrected chi connectivity index (χ4v) is 4.93. The van der Waals surface area contributed by atoms with Crippen molar-refractivity contribution in [3.8, 4) is 0 Å². The smallest absolute Gasteiger partial charge is 0.279 e. The molecule has 11 nitrogen and oxygen atoms in total. The fourth-order valence-electron chi connectivity index (χ4n) is 4.93. The first-order valence-electron chi connectivity index (χ1n) is 9.91. The Hall–Kier alpha value is -1.79. The molecule has 4 N–H and O–H groups in total. The van der Waals surface area contributed by atoms with Crippen LogP contribution in [0.2, 0.25) is 0 Å². The average molecular weight is 412 g/mol. The Kier molecular flexibility index (Phi) is 4.67. The number of aliphatic hydroxyl groups excluding tert-OH is 1. The van der Waals surface area contributed by atoms with E-state index in [1.807, 2.05) is 4.90 Å². The normalized spacial score (nSPS) is 43.1. The first-order valence-corrected chi connectivity index (χ1v) is 9.91. The van der Waals surface area contributed by atoms with Gasteiger partial charge in [-0.2, -0.15) is 0 Å². The number of hydrogen-bond acceptors (Lipinski definition) is 8. The summed E-state index contributed by atoms with van der Waals surface area (Å²) in [4.78, 5) is 42.4. The van der Waals surface area contributed by atoms with E-state index in [1.165, 1.54) is 13.8 Å². The first kappa shape index (κ1) is 20.5. The molecule has 0 saturated carbocycles. The molecule has 162 valence electrons. The van der Waals surface area contributed by atoms with E-state index in [0.29, 0.717) is 32.7 Å². The minimum absolute atomic E-state index is 0.00772.